The molecule has 1 heterocycles. The SMILES string of the molecule is COC(=O)C[C@@H](c1ccccc1Cl)N1CCC2=C(C=CC2)C1. The fourth-order valence-electron chi connectivity index (χ4n) is 3.28. The molecule has 22 heavy (non-hydrogen) atoms. The molecule has 0 radical (unpaired) electrons. The first-order chi connectivity index (χ1) is 10.7. The standard InChI is InChI=1S/C18H20ClNO2/c1-22-18(21)11-17(15-7-2-3-8-16(15)19)20-10-9-13-5-4-6-14(13)12-20/h2-4,6-8,17H,5,9-12H2,1H3/t17-/m0/s1. The summed E-state index contributed by atoms with van der Waals surface area (Å²) in [6.07, 6.45) is 6.90. The Morgan fingerprint density at radius 2 is 2.23 bits per heavy atom. The van der Waals surface area contributed by atoms with Gasteiger partial charge in [0.15, 0.2) is 0 Å². The van der Waals surface area contributed by atoms with Crippen LogP contribution in [0.4, 0.5) is 0 Å². The van der Waals surface area contributed by atoms with Crippen LogP contribution in [0, 0.1) is 0 Å². The molecule has 1 aromatic carbocycles. The second-order valence-corrected chi connectivity index (χ2v) is 6.18. The van der Waals surface area contributed by atoms with Crippen molar-refractivity contribution in [1.82, 2.24) is 4.90 Å². The first-order valence-electron chi connectivity index (χ1n) is 7.61. The highest BCUT2D eigenvalue weighted by Gasteiger charge is 2.29. The second-order valence-electron chi connectivity index (χ2n) is 5.77. The van der Waals surface area contributed by atoms with Gasteiger partial charge in [0.1, 0.15) is 0 Å². The predicted octanol–water partition coefficient (Wildman–Crippen LogP) is 3.91. The number of hydrogen-bond donors (Lipinski definition) is 0. The van der Waals surface area contributed by atoms with Gasteiger partial charge in [-0.05, 0) is 30.0 Å². The minimum atomic E-state index is -0.202. The molecule has 0 amide bonds. The lowest BCUT2D eigenvalue weighted by atomic mass is 9.96. The molecule has 0 bridgehead atoms. The molecule has 1 aliphatic carbocycles. The summed E-state index contributed by atoms with van der Waals surface area (Å²) in [5, 5.41) is 0.707. The molecule has 116 valence electrons. The van der Waals surface area contributed by atoms with Crippen molar-refractivity contribution in [3.05, 3.63) is 58.1 Å². The third kappa shape index (κ3) is 3.11. The molecule has 0 fully saturated rings. The van der Waals surface area contributed by atoms with E-state index in [1.54, 1.807) is 0 Å². The van der Waals surface area contributed by atoms with Crippen molar-refractivity contribution in [3.63, 3.8) is 0 Å². The number of benzene rings is 1. The first kappa shape index (κ1) is 15.3. The highest BCUT2D eigenvalue weighted by atomic mass is 35.5. The zero-order chi connectivity index (χ0) is 15.5. The molecule has 0 saturated carbocycles. The van der Waals surface area contributed by atoms with Gasteiger partial charge in [0, 0.05) is 24.2 Å². The van der Waals surface area contributed by atoms with Crippen molar-refractivity contribution >= 4 is 17.6 Å². The van der Waals surface area contributed by atoms with Crippen LogP contribution in [0.15, 0.2) is 47.6 Å². The Kier molecular flexibility index (Phi) is 4.65. The van der Waals surface area contributed by atoms with E-state index in [4.69, 9.17) is 16.3 Å². The maximum absolute atomic E-state index is 11.9. The largest absolute Gasteiger partial charge is 0.469 e. The van der Waals surface area contributed by atoms with Gasteiger partial charge in [0.2, 0.25) is 0 Å². The number of esters is 1. The van der Waals surface area contributed by atoms with E-state index in [0.29, 0.717) is 11.4 Å². The molecule has 1 atom stereocenters. The molecule has 0 N–H and O–H groups in total. The zero-order valence-electron chi connectivity index (χ0n) is 12.7. The van der Waals surface area contributed by atoms with Gasteiger partial charge in [-0.1, -0.05) is 47.5 Å². The summed E-state index contributed by atoms with van der Waals surface area (Å²) < 4.78 is 4.88. The van der Waals surface area contributed by atoms with Crippen LogP contribution in [0.25, 0.3) is 0 Å². The molecule has 3 nitrogen and oxygen atoms in total. The summed E-state index contributed by atoms with van der Waals surface area (Å²) in [5.74, 6) is -0.202. The third-order valence-electron chi connectivity index (χ3n) is 4.50. The van der Waals surface area contributed by atoms with Gasteiger partial charge in [0.05, 0.1) is 13.5 Å². The van der Waals surface area contributed by atoms with Gasteiger partial charge in [-0.15, -0.1) is 0 Å². The number of nitrogens with zero attached hydrogens (tertiary/aromatic N) is 1. The summed E-state index contributed by atoms with van der Waals surface area (Å²) in [5.41, 5.74) is 3.93. The van der Waals surface area contributed by atoms with Crippen molar-refractivity contribution in [2.45, 2.75) is 25.3 Å². The van der Waals surface area contributed by atoms with Crippen LogP contribution >= 0.6 is 11.6 Å². The molecule has 0 aromatic heterocycles. The smallest absolute Gasteiger partial charge is 0.307 e. The van der Waals surface area contributed by atoms with E-state index >= 15 is 0 Å². The fraction of sp³-hybridized carbons (Fsp3) is 0.389. The molecule has 1 aliphatic heterocycles. The van der Waals surface area contributed by atoms with E-state index in [1.807, 2.05) is 24.3 Å². The highest BCUT2D eigenvalue weighted by molar-refractivity contribution is 6.31. The number of halogens is 1. The summed E-state index contributed by atoms with van der Waals surface area (Å²) in [4.78, 5) is 14.2. The van der Waals surface area contributed by atoms with Crippen molar-refractivity contribution in [2.75, 3.05) is 20.2 Å². The molecule has 0 saturated heterocycles. The number of methoxy groups -OCH3 is 1. The topological polar surface area (TPSA) is 29.5 Å². The average molecular weight is 318 g/mol. The average Bonchev–Trinajstić information content (AvgIpc) is 3.00. The number of carbonyl (C=O) groups excluding carboxylic acids is 1. The second kappa shape index (κ2) is 6.67. The predicted molar refractivity (Wildman–Crippen MR) is 87.8 cm³/mol. The Morgan fingerprint density at radius 1 is 1.41 bits per heavy atom. The van der Waals surface area contributed by atoms with Gasteiger partial charge in [0.25, 0.3) is 0 Å². The van der Waals surface area contributed by atoms with E-state index in [2.05, 4.69) is 17.1 Å². The quantitative estimate of drug-likeness (QED) is 0.789. The summed E-state index contributed by atoms with van der Waals surface area (Å²) >= 11 is 6.37. The summed E-state index contributed by atoms with van der Waals surface area (Å²) in [6, 6.07) is 7.73. The molecule has 0 unspecified atom stereocenters. The minimum absolute atomic E-state index is 0.0378. The summed E-state index contributed by atoms with van der Waals surface area (Å²) in [7, 11) is 1.43. The first-order valence-corrected chi connectivity index (χ1v) is 7.99. The number of allylic oxidation sites excluding steroid dienone is 1. The van der Waals surface area contributed by atoms with Crippen LogP contribution in [0.3, 0.4) is 0 Å². The van der Waals surface area contributed by atoms with Crippen LogP contribution < -0.4 is 0 Å². The van der Waals surface area contributed by atoms with Crippen LogP contribution in [0.2, 0.25) is 5.02 Å². The Bertz CT molecular complexity index is 636. The van der Waals surface area contributed by atoms with Crippen molar-refractivity contribution in [3.8, 4) is 0 Å². The zero-order valence-corrected chi connectivity index (χ0v) is 13.5. The van der Waals surface area contributed by atoms with Gasteiger partial charge in [-0.2, -0.15) is 0 Å². The van der Waals surface area contributed by atoms with Crippen LogP contribution in [-0.2, 0) is 9.53 Å². The molecule has 0 spiro atoms. The lowest BCUT2D eigenvalue weighted by Gasteiger charge is -2.35. The molecule has 2 aliphatic rings. The van der Waals surface area contributed by atoms with Crippen molar-refractivity contribution in [1.29, 1.82) is 0 Å². The lowest BCUT2D eigenvalue weighted by Crippen LogP contribution is -2.36. The van der Waals surface area contributed by atoms with Crippen LogP contribution in [0.1, 0.15) is 30.9 Å². The Labute approximate surface area is 136 Å². The van der Waals surface area contributed by atoms with E-state index in [1.165, 1.54) is 18.3 Å². The van der Waals surface area contributed by atoms with Crippen molar-refractivity contribution in [2.24, 2.45) is 0 Å². The Hall–Kier alpha value is -1.58. The van der Waals surface area contributed by atoms with E-state index in [-0.39, 0.29) is 12.0 Å². The lowest BCUT2D eigenvalue weighted by molar-refractivity contribution is -0.142. The summed E-state index contributed by atoms with van der Waals surface area (Å²) in [6.45, 7) is 1.83. The fourth-order valence-corrected chi connectivity index (χ4v) is 3.55. The van der Waals surface area contributed by atoms with E-state index in [0.717, 1.165) is 31.5 Å². The number of ether oxygens (including phenoxy) is 1. The number of rotatable bonds is 4. The van der Waals surface area contributed by atoms with Gasteiger partial charge < -0.3 is 4.74 Å². The normalized spacial score (nSPS) is 19.2. The molecule has 4 heteroatoms. The maximum Gasteiger partial charge on any atom is 0.307 e. The Balaban J connectivity index is 1.87. The Morgan fingerprint density at radius 3 is 3.00 bits per heavy atom. The van der Waals surface area contributed by atoms with Gasteiger partial charge in [-0.3, -0.25) is 9.69 Å². The minimum Gasteiger partial charge on any atom is -0.469 e. The monoisotopic (exact) mass is 317 g/mol. The maximum atomic E-state index is 11.9. The molecular formula is C18H20ClNO2. The van der Waals surface area contributed by atoms with Crippen LogP contribution in [-0.4, -0.2) is 31.1 Å². The highest BCUT2D eigenvalue weighted by Crippen LogP contribution is 2.36. The van der Waals surface area contributed by atoms with Gasteiger partial charge in [-0.25, -0.2) is 0 Å². The molecule has 1 aromatic rings. The van der Waals surface area contributed by atoms with E-state index in [9.17, 15) is 4.79 Å². The van der Waals surface area contributed by atoms with Crippen molar-refractivity contribution < 1.29 is 9.53 Å². The third-order valence-corrected chi connectivity index (χ3v) is 4.85. The van der Waals surface area contributed by atoms with Gasteiger partial charge >= 0.3 is 5.97 Å². The van der Waals surface area contributed by atoms with E-state index < -0.39 is 0 Å². The number of carbonyl (C=O) groups is 1. The molecular weight excluding hydrogens is 298 g/mol. The van der Waals surface area contributed by atoms with Crippen LogP contribution in [0.5, 0.6) is 0 Å². The number of hydrogen-bond acceptors (Lipinski definition) is 3. The molecule has 3 rings (SSSR count).